The fourth-order valence-electron chi connectivity index (χ4n) is 1.06. The lowest BCUT2D eigenvalue weighted by Crippen LogP contribution is -2.05. The van der Waals surface area contributed by atoms with Crippen LogP contribution in [0.3, 0.4) is 0 Å². The molecule has 0 N–H and O–H groups in total. The molecule has 1 atom stereocenters. The zero-order valence-corrected chi connectivity index (χ0v) is 9.08. The van der Waals surface area contributed by atoms with Crippen LogP contribution >= 0.6 is 0 Å². The molecule has 1 rings (SSSR count). The summed E-state index contributed by atoms with van der Waals surface area (Å²) >= 11 is 0. The quantitative estimate of drug-likeness (QED) is 0.704. The molecule has 1 aromatic rings. The molecule has 0 aliphatic heterocycles. The van der Waals surface area contributed by atoms with Gasteiger partial charge in [0, 0.05) is 7.11 Å². The number of hydrogen-bond donors (Lipinski definition) is 0. The lowest BCUT2D eigenvalue weighted by molar-refractivity contribution is 0.0389. The van der Waals surface area contributed by atoms with Gasteiger partial charge in [-0.1, -0.05) is 6.92 Å². The van der Waals surface area contributed by atoms with Crippen LogP contribution in [0.25, 0.3) is 0 Å². The van der Waals surface area contributed by atoms with Gasteiger partial charge in [0.05, 0.1) is 6.10 Å². The van der Waals surface area contributed by atoms with Crippen LogP contribution in [-0.2, 0) is 22.7 Å². The van der Waals surface area contributed by atoms with Gasteiger partial charge in [-0.3, -0.25) is 0 Å². The zero-order chi connectivity index (χ0) is 10.4. The minimum absolute atomic E-state index is 0.283. The van der Waals surface area contributed by atoms with Crippen molar-refractivity contribution in [3.8, 4) is 0 Å². The first-order valence-electron chi connectivity index (χ1n) is 4.94. The SMILES string of the molecule is CCC(C)OCc1ccc(COC)o1. The molecule has 1 heterocycles. The van der Waals surface area contributed by atoms with Crippen LogP contribution in [-0.4, -0.2) is 13.2 Å². The van der Waals surface area contributed by atoms with E-state index in [9.17, 15) is 0 Å². The Morgan fingerprint density at radius 1 is 1.29 bits per heavy atom. The molecule has 80 valence electrons. The van der Waals surface area contributed by atoms with Crippen LogP contribution < -0.4 is 0 Å². The molecule has 0 aliphatic rings. The minimum atomic E-state index is 0.283. The summed E-state index contributed by atoms with van der Waals surface area (Å²) in [7, 11) is 1.65. The fraction of sp³-hybridized carbons (Fsp3) is 0.636. The summed E-state index contributed by atoms with van der Waals surface area (Å²) < 4.78 is 16.0. The van der Waals surface area contributed by atoms with Gasteiger partial charge in [0.15, 0.2) is 0 Å². The molecular formula is C11H18O3. The molecule has 3 nitrogen and oxygen atoms in total. The highest BCUT2D eigenvalue weighted by Gasteiger charge is 2.04. The lowest BCUT2D eigenvalue weighted by Gasteiger charge is -2.08. The number of methoxy groups -OCH3 is 1. The molecule has 1 aromatic heterocycles. The van der Waals surface area contributed by atoms with Gasteiger partial charge in [-0.2, -0.15) is 0 Å². The third-order valence-corrected chi connectivity index (χ3v) is 2.09. The molecular weight excluding hydrogens is 180 g/mol. The Hall–Kier alpha value is -0.800. The van der Waals surface area contributed by atoms with Gasteiger partial charge in [0.1, 0.15) is 24.7 Å². The molecule has 0 spiro atoms. The molecule has 1 unspecified atom stereocenters. The van der Waals surface area contributed by atoms with Gasteiger partial charge in [-0.05, 0) is 25.5 Å². The van der Waals surface area contributed by atoms with E-state index in [1.54, 1.807) is 7.11 Å². The van der Waals surface area contributed by atoms with Crippen molar-refractivity contribution in [2.24, 2.45) is 0 Å². The maximum Gasteiger partial charge on any atom is 0.130 e. The van der Waals surface area contributed by atoms with E-state index < -0.39 is 0 Å². The minimum Gasteiger partial charge on any atom is -0.461 e. The molecule has 0 saturated carbocycles. The molecule has 3 heteroatoms. The summed E-state index contributed by atoms with van der Waals surface area (Å²) in [5, 5.41) is 0. The largest absolute Gasteiger partial charge is 0.461 e. The van der Waals surface area contributed by atoms with Gasteiger partial charge in [-0.25, -0.2) is 0 Å². The Morgan fingerprint density at radius 2 is 1.93 bits per heavy atom. The molecule has 0 fully saturated rings. The maximum absolute atomic E-state index is 5.53. The predicted octanol–water partition coefficient (Wildman–Crippen LogP) is 2.74. The average molecular weight is 198 g/mol. The second kappa shape index (κ2) is 5.83. The first-order valence-corrected chi connectivity index (χ1v) is 4.94. The first-order chi connectivity index (χ1) is 6.76. The van der Waals surface area contributed by atoms with Crippen LogP contribution in [0, 0.1) is 0 Å². The normalized spacial score (nSPS) is 13.1. The van der Waals surface area contributed by atoms with Crippen LogP contribution in [0.4, 0.5) is 0 Å². The summed E-state index contributed by atoms with van der Waals surface area (Å²) in [6.45, 7) is 5.21. The van der Waals surface area contributed by atoms with Gasteiger partial charge in [0.2, 0.25) is 0 Å². The Kier molecular flexibility index (Phi) is 4.70. The number of furan rings is 1. The summed E-state index contributed by atoms with van der Waals surface area (Å²) in [6.07, 6.45) is 1.30. The molecule has 14 heavy (non-hydrogen) atoms. The second-order valence-corrected chi connectivity index (χ2v) is 3.33. The smallest absolute Gasteiger partial charge is 0.130 e. The molecule has 0 amide bonds. The Balaban J connectivity index is 2.35. The van der Waals surface area contributed by atoms with E-state index in [2.05, 4.69) is 13.8 Å². The Morgan fingerprint density at radius 3 is 2.50 bits per heavy atom. The molecule has 0 aromatic carbocycles. The molecule has 0 aliphatic carbocycles. The van der Waals surface area contributed by atoms with Crippen molar-refractivity contribution in [3.05, 3.63) is 23.7 Å². The highest BCUT2D eigenvalue weighted by Crippen LogP contribution is 2.11. The van der Waals surface area contributed by atoms with E-state index in [0.29, 0.717) is 13.2 Å². The molecule has 0 radical (unpaired) electrons. The van der Waals surface area contributed by atoms with Crippen LogP contribution in [0.2, 0.25) is 0 Å². The van der Waals surface area contributed by atoms with E-state index >= 15 is 0 Å². The third-order valence-electron chi connectivity index (χ3n) is 2.09. The number of rotatable bonds is 6. The van der Waals surface area contributed by atoms with Crippen molar-refractivity contribution in [1.29, 1.82) is 0 Å². The fourth-order valence-corrected chi connectivity index (χ4v) is 1.06. The zero-order valence-electron chi connectivity index (χ0n) is 9.08. The van der Waals surface area contributed by atoms with Crippen molar-refractivity contribution in [1.82, 2.24) is 0 Å². The van der Waals surface area contributed by atoms with E-state index in [1.807, 2.05) is 12.1 Å². The maximum atomic E-state index is 5.53. The topological polar surface area (TPSA) is 31.6 Å². The standard InChI is InChI=1S/C11H18O3/c1-4-9(2)13-8-11-6-5-10(14-11)7-12-3/h5-6,9H,4,7-8H2,1-3H3. The lowest BCUT2D eigenvalue weighted by atomic mass is 10.3. The summed E-state index contributed by atoms with van der Waals surface area (Å²) in [4.78, 5) is 0. The average Bonchev–Trinajstić information content (AvgIpc) is 2.63. The van der Waals surface area contributed by atoms with Crippen LogP contribution in [0.15, 0.2) is 16.5 Å². The summed E-state index contributed by atoms with van der Waals surface area (Å²) in [5.74, 6) is 1.70. The van der Waals surface area contributed by atoms with Gasteiger partial charge < -0.3 is 13.9 Å². The van der Waals surface area contributed by atoms with Crippen molar-refractivity contribution < 1.29 is 13.9 Å². The van der Waals surface area contributed by atoms with E-state index in [-0.39, 0.29) is 6.10 Å². The number of ether oxygens (including phenoxy) is 2. The van der Waals surface area contributed by atoms with E-state index in [1.165, 1.54) is 0 Å². The van der Waals surface area contributed by atoms with Gasteiger partial charge in [0.25, 0.3) is 0 Å². The Bertz CT molecular complexity index is 255. The molecule has 0 bridgehead atoms. The summed E-state index contributed by atoms with van der Waals surface area (Å²) in [6, 6.07) is 3.84. The van der Waals surface area contributed by atoms with Gasteiger partial charge in [-0.15, -0.1) is 0 Å². The van der Waals surface area contributed by atoms with Crippen molar-refractivity contribution in [3.63, 3.8) is 0 Å². The monoisotopic (exact) mass is 198 g/mol. The van der Waals surface area contributed by atoms with Crippen molar-refractivity contribution in [2.75, 3.05) is 7.11 Å². The molecule has 0 saturated heterocycles. The summed E-state index contributed by atoms with van der Waals surface area (Å²) in [5.41, 5.74) is 0. The first kappa shape index (κ1) is 11.3. The highest BCUT2D eigenvalue weighted by atomic mass is 16.5. The Labute approximate surface area is 85.0 Å². The van der Waals surface area contributed by atoms with Crippen molar-refractivity contribution >= 4 is 0 Å². The van der Waals surface area contributed by atoms with Crippen LogP contribution in [0.1, 0.15) is 31.8 Å². The number of hydrogen-bond acceptors (Lipinski definition) is 3. The third kappa shape index (κ3) is 3.52. The van der Waals surface area contributed by atoms with Gasteiger partial charge >= 0.3 is 0 Å². The van der Waals surface area contributed by atoms with Crippen molar-refractivity contribution in [2.45, 2.75) is 39.6 Å². The van der Waals surface area contributed by atoms with E-state index in [4.69, 9.17) is 13.9 Å². The van der Waals surface area contributed by atoms with Crippen LogP contribution in [0.5, 0.6) is 0 Å². The predicted molar refractivity (Wildman–Crippen MR) is 54.0 cm³/mol. The van der Waals surface area contributed by atoms with E-state index in [0.717, 1.165) is 17.9 Å². The second-order valence-electron chi connectivity index (χ2n) is 3.33. The highest BCUT2D eigenvalue weighted by molar-refractivity contribution is 5.05.